The van der Waals surface area contributed by atoms with Gasteiger partial charge in [0.15, 0.2) is 5.11 Å². The highest BCUT2D eigenvalue weighted by Crippen LogP contribution is 2.35. The minimum atomic E-state index is 0.473. The van der Waals surface area contributed by atoms with Crippen molar-refractivity contribution in [2.45, 2.75) is 51.0 Å². The minimum absolute atomic E-state index is 0.473. The Hall–Kier alpha value is -0.790. The second-order valence-corrected chi connectivity index (χ2v) is 7.71. The Morgan fingerprint density at radius 3 is 2.59 bits per heavy atom. The smallest absolute Gasteiger partial charge is 0.166 e. The summed E-state index contributed by atoms with van der Waals surface area (Å²) in [7, 11) is 0. The van der Waals surface area contributed by atoms with E-state index in [4.69, 9.17) is 18.6 Å². The van der Waals surface area contributed by atoms with Crippen LogP contribution in [0.4, 0.5) is 0 Å². The Morgan fingerprint density at radius 1 is 1.14 bits per heavy atom. The molecule has 0 amide bonds. The third-order valence-corrected chi connectivity index (χ3v) is 6.16. The van der Waals surface area contributed by atoms with E-state index in [2.05, 4.69) is 21.5 Å². The first-order valence-electron chi connectivity index (χ1n) is 8.98. The van der Waals surface area contributed by atoms with E-state index in [0.29, 0.717) is 12.0 Å². The van der Waals surface area contributed by atoms with Crippen LogP contribution in [0.3, 0.4) is 0 Å². The molecular weight excluding hydrogens is 290 g/mol. The molecule has 22 heavy (non-hydrogen) atoms. The number of hydrogen-bond acceptors (Lipinski definition) is 2. The lowest BCUT2D eigenvalue weighted by Gasteiger charge is -2.48. The minimum Gasteiger partial charge on any atom is -0.362 e. The average molecular weight is 320 g/mol. The molecule has 3 aliphatic heterocycles. The van der Waals surface area contributed by atoms with Gasteiger partial charge in [0, 0.05) is 31.6 Å². The largest absolute Gasteiger partial charge is 0.362 e. The Bertz CT molecular complexity index is 425. The summed E-state index contributed by atoms with van der Waals surface area (Å²) in [4.78, 5) is 2.56. The molecule has 4 fully saturated rings. The van der Waals surface area contributed by atoms with E-state index in [-0.39, 0.29) is 0 Å². The third kappa shape index (κ3) is 3.94. The lowest BCUT2D eigenvalue weighted by Crippen LogP contribution is -2.57. The van der Waals surface area contributed by atoms with E-state index in [9.17, 15) is 0 Å². The molecule has 4 unspecified atom stereocenters. The molecule has 2 N–H and O–H groups in total. The first kappa shape index (κ1) is 16.1. The molecule has 3 heterocycles. The second-order valence-electron chi connectivity index (χ2n) is 7.30. The highest BCUT2D eigenvalue weighted by Gasteiger charge is 2.39. The van der Waals surface area contributed by atoms with Crippen molar-refractivity contribution >= 4 is 17.3 Å². The molecule has 2 bridgehead atoms. The van der Waals surface area contributed by atoms with Crippen LogP contribution in [0.25, 0.3) is 0 Å². The lowest BCUT2D eigenvalue weighted by atomic mass is 9.76. The quantitative estimate of drug-likeness (QED) is 0.614. The summed E-state index contributed by atoms with van der Waals surface area (Å²) in [5, 5.41) is 7.70. The Labute approximate surface area is 140 Å². The summed E-state index contributed by atoms with van der Waals surface area (Å²) < 4.78 is 0. The first-order valence-corrected chi connectivity index (χ1v) is 9.39. The monoisotopic (exact) mass is 319 g/mol. The number of rotatable bonds is 4. The number of fused-ring (bicyclic) bond motifs is 3. The SMILES string of the molecule is C#CC1CN2CCC1CC2CNC(=S)NCC1CCCCC1. The fourth-order valence-electron chi connectivity index (χ4n) is 4.44. The molecule has 4 atom stereocenters. The van der Waals surface area contributed by atoms with Gasteiger partial charge in [0.1, 0.15) is 0 Å². The number of nitrogens with one attached hydrogen (secondary N) is 2. The molecule has 122 valence electrons. The maximum atomic E-state index is 5.64. The normalized spacial score (nSPS) is 34.9. The van der Waals surface area contributed by atoms with E-state index in [1.165, 1.54) is 51.5 Å². The fourth-order valence-corrected chi connectivity index (χ4v) is 4.61. The van der Waals surface area contributed by atoms with E-state index in [0.717, 1.165) is 36.6 Å². The summed E-state index contributed by atoms with van der Waals surface area (Å²) in [6.45, 7) is 4.29. The molecule has 4 heteroatoms. The Morgan fingerprint density at radius 2 is 1.91 bits per heavy atom. The zero-order chi connectivity index (χ0) is 15.4. The molecule has 0 spiro atoms. The molecule has 4 rings (SSSR count). The van der Waals surface area contributed by atoms with Crippen LogP contribution in [0, 0.1) is 30.1 Å². The summed E-state index contributed by atoms with van der Waals surface area (Å²) in [6, 6.07) is 0.609. The van der Waals surface area contributed by atoms with Crippen molar-refractivity contribution in [1.29, 1.82) is 0 Å². The van der Waals surface area contributed by atoms with Crippen LogP contribution in [0.1, 0.15) is 44.9 Å². The van der Waals surface area contributed by atoms with E-state index < -0.39 is 0 Å². The van der Waals surface area contributed by atoms with Crippen LogP contribution < -0.4 is 10.6 Å². The lowest BCUT2D eigenvalue weighted by molar-refractivity contribution is 0.0248. The van der Waals surface area contributed by atoms with Crippen molar-refractivity contribution < 1.29 is 0 Å². The molecule has 0 aromatic rings. The standard InChI is InChI=1S/C18H29N3S/c1-2-15-13-21-9-8-16(15)10-17(21)12-20-18(22)19-11-14-6-4-3-5-7-14/h1,14-17H,3-13H2,(H2,19,20,22). The van der Waals surface area contributed by atoms with Gasteiger partial charge >= 0.3 is 0 Å². The molecule has 0 radical (unpaired) electrons. The maximum Gasteiger partial charge on any atom is 0.166 e. The molecule has 1 aliphatic carbocycles. The zero-order valence-electron chi connectivity index (χ0n) is 13.5. The van der Waals surface area contributed by atoms with Gasteiger partial charge in [-0.3, -0.25) is 4.90 Å². The molecule has 0 aromatic heterocycles. The number of piperidine rings is 3. The molecule has 3 nitrogen and oxygen atoms in total. The van der Waals surface area contributed by atoms with Crippen LogP contribution in [-0.4, -0.2) is 42.2 Å². The van der Waals surface area contributed by atoms with Gasteiger partial charge < -0.3 is 10.6 Å². The van der Waals surface area contributed by atoms with Crippen LogP contribution in [0.15, 0.2) is 0 Å². The van der Waals surface area contributed by atoms with Crippen molar-refractivity contribution in [2.75, 3.05) is 26.2 Å². The van der Waals surface area contributed by atoms with Gasteiger partial charge in [-0.25, -0.2) is 0 Å². The number of nitrogens with zero attached hydrogens (tertiary/aromatic N) is 1. The topological polar surface area (TPSA) is 27.3 Å². The Kier molecular flexibility index (Phi) is 5.60. The van der Waals surface area contributed by atoms with E-state index in [1.807, 2.05) is 0 Å². The van der Waals surface area contributed by atoms with Gasteiger partial charge in [0.25, 0.3) is 0 Å². The summed E-state index contributed by atoms with van der Waals surface area (Å²) in [5.74, 6) is 5.00. The zero-order valence-corrected chi connectivity index (χ0v) is 14.3. The highest BCUT2D eigenvalue weighted by molar-refractivity contribution is 7.80. The summed E-state index contributed by atoms with van der Waals surface area (Å²) in [6.07, 6.45) is 15.1. The van der Waals surface area contributed by atoms with Gasteiger partial charge in [0.2, 0.25) is 0 Å². The van der Waals surface area contributed by atoms with Gasteiger partial charge in [-0.15, -0.1) is 12.3 Å². The summed E-state index contributed by atoms with van der Waals surface area (Å²) >= 11 is 5.45. The van der Waals surface area contributed by atoms with E-state index in [1.54, 1.807) is 0 Å². The van der Waals surface area contributed by atoms with Gasteiger partial charge in [-0.1, -0.05) is 19.3 Å². The van der Waals surface area contributed by atoms with Crippen molar-refractivity contribution in [2.24, 2.45) is 17.8 Å². The second kappa shape index (κ2) is 7.66. The van der Waals surface area contributed by atoms with Crippen LogP contribution in [-0.2, 0) is 0 Å². The van der Waals surface area contributed by atoms with Gasteiger partial charge in [0.05, 0.1) is 0 Å². The predicted molar refractivity (Wildman–Crippen MR) is 95.6 cm³/mol. The maximum absolute atomic E-state index is 5.64. The first-order chi connectivity index (χ1) is 10.8. The van der Waals surface area contributed by atoms with Crippen molar-refractivity contribution in [3.8, 4) is 12.3 Å². The van der Waals surface area contributed by atoms with Crippen molar-refractivity contribution in [1.82, 2.24) is 15.5 Å². The third-order valence-electron chi connectivity index (χ3n) is 5.87. The van der Waals surface area contributed by atoms with Gasteiger partial charge in [-0.2, -0.15) is 0 Å². The van der Waals surface area contributed by atoms with Crippen molar-refractivity contribution in [3.05, 3.63) is 0 Å². The Balaban J connectivity index is 1.36. The van der Waals surface area contributed by atoms with Crippen LogP contribution >= 0.6 is 12.2 Å². The van der Waals surface area contributed by atoms with Crippen molar-refractivity contribution in [3.63, 3.8) is 0 Å². The van der Waals surface area contributed by atoms with Crippen LogP contribution in [0.5, 0.6) is 0 Å². The van der Waals surface area contributed by atoms with Gasteiger partial charge in [-0.05, 0) is 56.3 Å². The van der Waals surface area contributed by atoms with Crippen LogP contribution in [0.2, 0.25) is 0 Å². The molecule has 3 saturated heterocycles. The molecule has 4 aliphatic rings. The molecule has 0 aromatic carbocycles. The number of terminal acetylenes is 1. The number of thiocarbonyl (C=S) groups is 1. The highest BCUT2D eigenvalue weighted by atomic mass is 32.1. The molecular formula is C18H29N3S. The average Bonchev–Trinajstić information content (AvgIpc) is 2.59. The number of hydrogen-bond donors (Lipinski definition) is 2. The molecule has 1 saturated carbocycles. The predicted octanol–water partition coefficient (Wildman–Crippen LogP) is 2.37. The van der Waals surface area contributed by atoms with E-state index >= 15 is 0 Å². The fraction of sp³-hybridized carbons (Fsp3) is 0.833. The summed E-state index contributed by atoms with van der Waals surface area (Å²) in [5.41, 5.74) is 0.